The first-order valence-electron chi connectivity index (χ1n) is 8.87. The number of aliphatic hydroxyl groups excluding tert-OH is 1. The van der Waals surface area contributed by atoms with Gasteiger partial charge in [0.1, 0.15) is 17.6 Å². The molecule has 0 spiro atoms. The van der Waals surface area contributed by atoms with Gasteiger partial charge in [-0.1, -0.05) is 18.2 Å². The summed E-state index contributed by atoms with van der Waals surface area (Å²) in [4.78, 5) is 27.5. The van der Waals surface area contributed by atoms with Crippen molar-refractivity contribution in [1.29, 1.82) is 0 Å². The molecule has 1 unspecified atom stereocenters. The minimum Gasteiger partial charge on any atom is -0.507 e. The van der Waals surface area contributed by atoms with Crippen molar-refractivity contribution in [2.75, 3.05) is 12.0 Å². The first-order chi connectivity index (χ1) is 14.4. The minimum absolute atomic E-state index is 0.00785. The monoisotopic (exact) mass is 427 g/mol. The summed E-state index contributed by atoms with van der Waals surface area (Å²) in [5.74, 6) is -4.19. The molecule has 1 saturated heterocycles. The van der Waals surface area contributed by atoms with Gasteiger partial charge in [0.25, 0.3) is 11.7 Å². The zero-order chi connectivity index (χ0) is 21.4. The van der Waals surface area contributed by atoms with Crippen LogP contribution in [0.1, 0.15) is 16.5 Å². The standard InChI is InChI=1S/C22H15F2NO4S/c1-29-16-6-3-2-5-13(16)20(26)18-19(17-7-4-10-30-17)25(22(28)21(18)27)12-8-9-14(23)15(24)11-12/h2-11,19,26H,1H3/b20-18-. The highest BCUT2D eigenvalue weighted by atomic mass is 32.1. The Balaban J connectivity index is 1.95. The third-order valence-electron chi connectivity index (χ3n) is 4.80. The number of benzene rings is 2. The van der Waals surface area contributed by atoms with Gasteiger partial charge in [-0.05, 0) is 35.7 Å². The highest BCUT2D eigenvalue weighted by Gasteiger charge is 2.47. The number of methoxy groups -OCH3 is 1. The van der Waals surface area contributed by atoms with Crippen LogP contribution < -0.4 is 9.64 Å². The van der Waals surface area contributed by atoms with Crippen molar-refractivity contribution in [3.63, 3.8) is 0 Å². The molecule has 3 aromatic rings. The van der Waals surface area contributed by atoms with Crippen molar-refractivity contribution in [2.45, 2.75) is 6.04 Å². The van der Waals surface area contributed by atoms with E-state index in [0.29, 0.717) is 10.6 Å². The number of ketones is 1. The normalized spacial score (nSPS) is 18.1. The average molecular weight is 427 g/mol. The summed E-state index contributed by atoms with van der Waals surface area (Å²) in [5.41, 5.74) is 0.0926. The third kappa shape index (κ3) is 3.15. The Bertz CT molecular complexity index is 1170. The van der Waals surface area contributed by atoms with Crippen molar-refractivity contribution in [2.24, 2.45) is 0 Å². The van der Waals surface area contributed by atoms with Gasteiger partial charge in [0.15, 0.2) is 11.6 Å². The second kappa shape index (κ2) is 7.72. The Kier molecular flexibility index (Phi) is 5.09. The molecule has 1 amide bonds. The van der Waals surface area contributed by atoms with E-state index < -0.39 is 35.1 Å². The molecule has 1 aliphatic heterocycles. The molecule has 0 radical (unpaired) electrons. The van der Waals surface area contributed by atoms with Gasteiger partial charge in [-0.25, -0.2) is 8.78 Å². The van der Waals surface area contributed by atoms with Crippen LogP contribution in [0.15, 0.2) is 65.6 Å². The molecule has 1 atom stereocenters. The van der Waals surface area contributed by atoms with Gasteiger partial charge in [-0.3, -0.25) is 14.5 Å². The molecule has 30 heavy (non-hydrogen) atoms. The first kappa shape index (κ1) is 19.8. The molecule has 8 heteroatoms. The zero-order valence-electron chi connectivity index (χ0n) is 15.6. The van der Waals surface area contributed by atoms with Crippen LogP contribution in [0.2, 0.25) is 0 Å². The summed E-state index contributed by atoms with van der Waals surface area (Å²) < 4.78 is 32.6. The number of carbonyl (C=O) groups excluding carboxylic acids is 2. The maximum Gasteiger partial charge on any atom is 0.300 e. The lowest BCUT2D eigenvalue weighted by Gasteiger charge is -2.24. The highest BCUT2D eigenvalue weighted by molar-refractivity contribution is 7.10. The molecule has 5 nitrogen and oxygen atoms in total. The van der Waals surface area contributed by atoms with Crippen LogP contribution in [-0.4, -0.2) is 23.9 Å². The molecule has 2 aromatic carbocycles. The summed E-state index contributed by atoms with van der Waals surface area (Å²) in [6, 6.07) is 11.9. The number of carbonyl (C=O) groups is 2. The van der Waals surface area contributed by atoms with E-state index in [0.717, 1.165) is 17.0 Å². The van der Waals surface area contributed by atoms with E-state index in [1.807, 2.05) is 0 Å². The number of nitrogens with zero attached hydrogens (tertiary/aromatic N) is 1. The van der Waals surface area contributed by atoms with E-state index in [2.05, 4.69) is 0 Å². The Hall–Kier alpha value is -3.52. The minimum atomic E-state index is -1.15. The Labute approximate surface area is 174 Å². The zero-order valence-corrected chi connectivity index (χ0v) is 16.5. The molecule has 0 aliphatic carbocycles. The number of amides is 1. The van der Waals surface area contributed by atoms with Crippen molar-refractivity contribution in [3.8, 4) is 5.75 Å². The molecule has 1 aromatic heterocycles. The molecule has 1 fully saturated rings. The largest absolute Gasteiger partial charge is 0.507 e. The molecule has 0 bridgehead atoms. The van der Waals surface area contributed by atoms with Gasteiger partial charge >= 0.3 is 0 Å². The molecule has 1 aliphatic rings. The topological polar surface area (TPSA) is 66.8 Å². The molecule has 152 valence electrons. The predicted molar refractivity (Wildman–Crippen MR) is 108 cm³/mol. The van der Waals surface area contributed by atoms with E-state index >= 15 is 0 Å². The van der Waals surface area contributed by atoms with Crippen LogP contribution in [0.5, 0.6) is 5.75 Å². The van der Waals surface area contributed by atoms with Gasteiger partial charge in [0.05, 0.1) is 18.2 Å². The van der Waals surface area contributed by atoms with E-state index in [9.17, 15) is 23.5 Å². The number of hydrogen-bond donors (Lipinski definition) is 1. The number of para-hydroxylation sites is 1. The van der Waals surface area contributed by atoms with Crippen molar-refractivity contribution >= 4 is 34.5 Å². The molecule has 0 saturated carbocycles. The number of aliphatic hydroxyl groups is 1. The fourth-order valence-electron chi connectivity index (χ4n) is 3.44. The van der Waals surface area contributed by atoms with Crippen LogP contribution in [0, 0.1) is 11.6 Å². The van der Waals surface area contributed by atoms with Gasteiger partial charge < -0.3 is 9.84 Å². The molecular formula is C22H15F2NO4S. The van der Waals surface area contributed by atoms with E-state index in [1.165, 1.54) is 24.5 Å². The molecule has 1 N–H and O–H groups in total. The van der Waals surface area contributed by atoms with Crippen LogP contribution >= 0.6 is 11.3 Å². The Morgan fingerprint density at radius 1 is 1.07 bits per heavy atom. The van der Waals surface area contributed by atoms with E-state index in [1.54, 1.807) is 41.8 Å². The number of rotatable bonds is 4. The number of thiophene rings is 1. The van der Waals surface area contributed by atoms with Gasteiger partial charge in [-0.15, -0.1) is 11.3 Å². The van der Waals surface area contributed by atoms with Crippen molar-refractivity contribution in [3.05, 3.63) is 87.6 Å². The quantitative estimate of drug-likeness (QED) is 0.374. The molecular weight excluding hydrogens is 412 g/mol. The SMILES string of the molecule is COc1ccccc1/C(O)=C1/C(=O)C(=O)N(c2ccc(F)c(F)c2)C1c1cccs1. The van der Waals surface area contributed by atoms with Crippen LogP contribution in [0.25, 0.3) is 5.76 Å². The fourth-order valence-corrected chi connectivity index (χ4v) is 4.26. The highest BCUT2D eigenvalue weighted by Crippen LogP contribution is 2.44. The van der Waals surface area contributed by atoms with E-state index in [-0.39, 0.29) is 16.8 Å². The lowest BCUT2D eigenvalue weighted by molar-refractivity contribution is -0.132. The number of Topliss-reactive ketones (excluding diaryl/α,β-unsaturated/α-hetero) is 1. The lowest BCUT2D eigenvalue weighted by Crippen LogP contribution is -2.29. The summed E-state index contributed by atoms with van der Waals surface area (Å²) >= 11 is 1.27. The molecule has 2 heterocycles. The van der Waals surface area contributed by atoms with Crippen molar-refractivity contribution < 1.29 is 28.2 Å². The predicted octanol–water partition coefficient (Wildman–Crippen LogP) is 4.66. The summed E-state index contributed by atoms with van der Waals surface area (Å²) in [6.07, 6.45) is 0. The summed E-state index contributed by atoms with van der Waals surface area (Å²) in [7, 11) is 1.42. The van der Waals surface area contributed by atoms with Crippen LogP contribution in [0.3, 0.4) is 0 Å². The molecule has 4 rings (SSSR count). The second-order valence-corrected chi connectivity index (χ2v) is 7.46. The Morgan fingerprint density at radius 3 is 2.50 bits per heavy atom. The summed E-state index contributed by atoms with van der Waals surface area (Å²) in [5, 5.41) is 12.8. The third-order valence-corrected chi connectivity index (χ3v) is 5.73. The van der Waals surface area contributed by atoms with Gasteiger partial charge in [-0.2, -0.15) is 0 Å². The first-order valence-corrected chi connectivity index (χ1v) is 9.75. The van der Waals surface area contributed by atoms with Gasteiger partial charge in [0, 0.05) is 16.6 Å². The second-order valence-electron chi connectivity index (χ2n) is 6.48. The number of anilines is 1. The smallest absolute Gasteiger partial charge is 0.300 e. The van der Waals surface area contributed by atoms with Crippen LogP contribution in [0.4, 0.5) is 14.5 Å². The number of halogens is 2. The summed E-state index contributed by atoms with van der Waals surface area (Å²) in [6.45, 7) is 0. The number of hydrogen-bond acceptors (Lipinski definition) is 5. The van der Waals surface area contributed by atoms with Crippen molar-refractivity contribution in [1.82, 2.24) is 0 Å². The van der Waals surface area contributed by atoms with Crippen LogP contribution in [-0.2, 0) is 9.59 Å². The maximum absolute atomic E-state index is 13.9. The Morgan fingerprint density at radius 2 is 1.83 bits per heavy atom. The maximum atomic E-state index is 13.9. The number of ether oxygens (including phenoxy) is 1. The fraction of sp³-hybridized carbons (Fsp3) is 0.0909. The van der Waals surface area contributed by atoms with Gasteiger partial charge in [0.2, 0.25) is 0 Å². The average Bonchev–Trinajstić information content (AvgIpc) is 3.37. The van der Waals surface area contributed by atoms with E-state index in [4.69, 9.17) is 4.74 Å². The lowest BCUT2D eigenvalue weighted by atomic mass is 9.99.